The van der Waals surface area contributed by atoms with Gasteiger partial charge < -0.3 is 20.5 Å². The van der Waals surface area contributed by atoms with Gasteiger partial charge in [-0.2, -0.15) is 0 Å². The predicted octanol–water partition coefficient (Wildman–Crippen LogP) is 6.21. The Bertz CT molecular complexity index is 1330. The molecule has 2 aromatic rings. The lowest BCUT2D eigenvalue weighted by atomic mass is 9.68. The number of allylic oxidation sites excluding steroid dienone is 2. The summed E-state index contributed by atoms with van der Waals surface area (Å²) in [6.07, 6.45) is -2.71. The molecule has 0 bridgehead atoms. The third kappa shape index (κ3) is 7.36. The molecule has 0 unspecified atom stereocenters. The first-order chi connectivity index (χ1) is 19.7. The fraction of sp³-hybridized carbons (Fsp3) is 0.567. The minimum Gasteiger partial charge on any atom is -0.491 e. The number of ketones is 1. The first-order valence-electron chi connectivity index (χ1n) is 14.2. The topological polar surface area (TPSA) is 111 Å². The number of ether oxygens (including phenoxy) is 2. The zero-order valence-electron chi connectivity index (χ0n) is 24.4. The van der Waals surface area contributed by atoms with E-state index >= 15 is 0 Å². The molecular formula is C30H38ClF3N4O4. The summed E-state index contributed by atoms with van der Waals surface area (Å²) in [6, 6.07) is 5.06. The summed E-state index contributed by atoms with van der Waals surface area (Å²) < 4.78 is 48.2. The van der Waals surface area contributed by atoms with Crippen molar-refractivity contribution in [3.05, 3.63) is 40.2 Å². The molecule has 12 heteroatoms. The molecule has 1 aliphatic carbocycles. The number of nitrogens with two attached hydrogens (primary N) is 1. The van der Waals surface area contributed by atoms with Crippen LogP contribution in [0.25, 0.3) is 17.0 Å². The molecule has 1 spiro atoms. The van der Waals surface area contributed by atoms with Gasteiger partial charge in [0.2, 0.25) is 0 Å². The molecule has 8 nitrogen and oxygen atoms in total. The minimum absolute atomic E-state index is 0.120. The Labute approximate surface area is 249 Å². The van der Waals surface area contributed by atoms with E-state index in [0.717, 1.165) is 6.42 Å². The number of rotatable bonds is 10. The minimum atomic E-state index is -4.63. The molecule has 2 aliphatic rings. The number of hydrogen-bond donors (Lipinski definition) is 2. The first-order valence-corrected chi connectivity index (χ1v) is 14.6. The standard InChI is InChI=1S/C30H38ClF3N4O4/c1-5-6-20(40)14-41-22-7-8-24(31)23(13-22)27-36-26(25(18(3)35)19(4)39)17(2)28(37-27)38-15-29(16-38)11-9-21(10-12-29)42-30(32,33)34/h7-8,13,20-21,40H,5-6,9-12,14-16,35H2,1-4H3/t20-/m1/s1. The number of aliphatic hydroxyl groups excluding tert-OH is 1. The van der Waals surface area contributed by atoms with Crippen molar-refractivity contribution < 1.29 is 32.5 Å². The van der Waals surface area contributed by atoms with Crippen LogP contribution in [0.4, 0.5) is 19.0 Å². The van der Waals surface area contributed by atoms with Crippen LogP contribution in [0.5, 0.6) is 5.75 Å². The lowest BCUT2D eigenvalue weighted by Crippen LogP contribution is -2.59. The van der Waals surface area contributed by atoms with Crippen molar-refractivity contribution in [3.63, 3.8) is 0 Å². The van der Waals surface area contributed by atoms with E-state index in [1.807, 2.05) is 13.8 Å². The van der Waals surface area contributed by atoms with E-state index in [4.69, 9.17) is 32.0 Å². The molecule has 2 heterocycles. The maximum absolute atomic E-state index is 12.7. The number of anilines is 1. The van der Waals surface area contributed by atoms with E-state index in [0.29, 0.717) is 84.3 Å². The second kappa shape index (κ2) is 12.8. The van der Waals surface area contributed by atoms with E-state index < -0.39 is 18.6 Å². The molecule has 1 saturated carbocycles. The van der Waals surface area contributed by atoms with Gasteiger partial charge in [0.25, 0.3) is 0 Å². The van der Waals surface area contributed by atoms with Crippen LogP contribution in [0.3, 0.4) is 0 Å². The number of alkyl halides is 3. The number of halogens is 4. The highest BCUT2D eigenvalue weighted by atomic mass is 35.5. The van der Waals surface area contributed by atoms with Gasteiger partial charge in [-0.25, -0.2) is 9.97 Å². The van der Waals surface area contributed by atoms with Crippen LogP contribution in [0, 0.1) is 12.3 Å². The maximum Gasteiger partial charge on any atom is 0.522 e. The molecule has 1 saturated heterocycles. The molecule has 0 radical (unpaired) electrons. The fourth-order valence-electron chi connectivity index (χ4n) is 5.92. The van der Waals surface area contributed by atoms with E-state index in [-0.39, 0.29) is 29.2 Å². The van der Waals surface area contributed by atoms with Crippen LogP contribution >= 0.6 is 11.6 Å². The Morgan fingerprint density at radius 1 is 1.24 bits per heavy atom. The average Bonchev–Trinajstić information content (AvgIpc) is 2.88. The molecule has 1 aliphatic heterocycles. The number of benzene rings is 1. The summed E-state index contributed by atoms with van der Waals surface area (Å²) in [5, 5.41) is 10.5. The van der Waals surface area contributed by atoms with Crippen molar-refractivity contribution in [2.75, 3.05) is 24.6 Å². The summed E-state index contributed by atoms with van der Waals surface area (Å²) >= 11 is 6.60. The van der Waals surface area contributed by atoms with Crippen molar-refractivity contribution in [2.45, 2.75) is 84.8 Å². The summed E-state index contributed by atoms with van der Waals surface area (Å²) in [5.41, 5.74) is 8.16. The van der Waals surface area contributed by atoms with Crippen LogP contribution in [0.1, 0.15) is 70.6 Å². The van der Waals surface area contributed by atoms with Crippen molar-refractivity contribution >= 4 is 28.8 Å². The van der Waals surface area contributed by atoms with Crippen LogP contribution < -0.4 is 15.4 Å². The average molecular weight is 611 g/mol. The molecule has 4 rings (SSSR count). The Kier molecular flexibility index (Phi) is 9.74. The number of carbonyl (C=O) groups excluding carboxylic acids is 1. The highest BCUT2D eigenvalue weighted by Crippen LogP contribution is 2.48. The van der Waals surface area contributed by atoms with Crippen LogP contribution in [-0.2, 0) is 9.53 Å². The predicted molar refractivity (Wildman–Crippen MR) is 155 cm³/mol. The zero-order valence-corrected chi connectivity index (χ0v) is 25.1. The molecule has 0 amide bonds. The van der Waals surface area contributed by atoms with Gasteiger partial charge in [-0.1, -0.05) is 24.9 Å². The number of hydrogen-bond acceptors (Lipinski definition) is 8. The number of Topliss-reactive ketones (excluding diaryl/α,β-unsaturated/α-hetero) is 1. The van der Waals surface area contributed by atoms with Gasteiger partial charge >= 0.3 is 6.36 Å². The van der Waals surface area contributed by atoms with E-state index in [1.54, 1.807) is 25.1 Å². The Balaban J connectivity index is 1.66. The second-order valence-electron chi connectivity index (χ2n) is 11.5. The van der Waals surface area contributed by atoms with Crippen LogP contribution in [0.15, 0.2) is 23.9 Å². The van der Waals surface area contributed by atoms with E-state index in [1.165, 1.54) is 6.92 Å². The smallest absolute Gasteiger partial charge is 0.491 e. The number of nitrogens with zero attached hydrogens (tertiary/aromatic N) is 3. The van der Waals surface area contributed by atoms with Crippen molar-refractivity contribution in [3.8, 4) is 17.1 Å². The van der Waals surface area contributed by atoms with Gasteiger partial charge in [-0.05, 0) is 71.1 Å². The second-order valence-corrected chi connectivity index (χ2v) is 11.9. The SMILES string of the molecule is CCC[C@@H](O)COc1ccc(Cl)c(-c2nc(C(C(C)=O)=C(C)N)c(C)c(N3CC4(CCC(OC(F)(F)F)CC4)C3)n2)c1. The van der Waals surface area contributed by atoms with Gasteiger partial charge in [-0.15, -0.1) is 13.2 Å². The lowest BCUT2D eigenvalue weighted by molar-refractivity contribution is -0.346. The molecule has 42 heavy (non-hydrogen) atoms. The Morgan fingerprint density at radius 2 is 1.90 bits per heavy atom. The Morgan fingerprint density at radius 3 is 2.48 bits per heavy atom. The largest absolute Gasteiger partial charge is 0.522 e. The summed E-state index contributed by atoms with van der Waals surface area (Å²) in [4.78, 5) is 24.4. The highest BCUT2D eigenvalue weighted by Gasteiger charge is 2.48. The highest BCUT2D eigenvalue weighted by molar-refractivity contribution is 6.33. The molecule has 3 N–H and O–H groups in total. The number of carbonyl (C=O) groups is 1. The van der Waals surface area contributed by atoms with Crippen LogP contribution in [-0.4, -0.2) is 59.1 Å². The van der Waals surface area contributed by atoms with Gasteiger partial charge in [0.15, 0.2) is 11.6 Å². The van der Waals surface area contributed by atoms with Gasteiger partial charge in [0.05, 0.1) is 28.5 Å². The third-order valence-electron chi connectivity index (χ3n) is 7.99. The molecule has 230 valence electrons. The van der Waals surface area contributed by atoms with Crippen molar-refractivity contribution in [2.24, 2.45) is 11.1 Å². The summed E-state index contributed by atoms with van der Waals surface area (Å²) in [6.45, 7) is 8.21. The quantitative estimate of drug-likeness (QED) is 0.306. The van der Waals surface area contributed by atoms with Gasteiger partial charge in [0.1, 0.15) is 18.2 Å². The molecule has 1 aromatic heterocycles. The Hall–Kier alpha value is -2.89. The monoisotopic (exact) mass is 610 g/mol. The summed E-state index contributed by atoms with van der Waals surface area (Å²) in [7, 11) is 0. The van der Waals surface area contributed by atoms with Crippen LogP contribution in [0.2, 0.25) is 5.02 Å². The van der Waals surface area contributed by atoms with E-state index in [9.17, 15) is 23.1 Å². The van der Waals surface area contributed by atoms with Crippen molar-refractivity contribution in [1.29, 1.82) is 0 Å². The normalized spacial score (nSPS) is 18.5. The number of aromatic nitrogens is 2. The third-order valence-corrected chi connectivity index (χ3v) is 8.32. The van der Waals surface area contributed by atoms with Gasteiger partial charge in [0, 0.05) is 35.3 Å². The van der Waals surface area contributed by atoms with Crippen molar-refractivity contribution in [1.82, 2.24) is 9.97 Å². The van der Waals surface area contributed by atoms with E-state index in [2.05, 4.69) is 9.64 Å². The zero-order chi connectivity index (χ0) is 30.8. The molecule has 2 fully saturated rings. The first kappa shape index (κ1) is 32.0. The molecular weight excluding hydrogens is 573 g/mol. The van der Waals surface area contributed by atoms with Gasteiger partial charge in [-0.3, -0.25) is 9.53 Å². The molecule has 1 atom stereocenters. The lowest BCUT2D eigenvalue weighted by Gasteiger charge is -2.54. The number of aliphatic hydroxyl groups is 1. The fourth-order valence-corrected chi connectivity index (χ4v) is 6.12. The maximum atomic E-state index is 12.7. The summed E-state index contributed by atoms with van der Waals surface area (Å²) in [5.74, 6) is 1.12. The molecule has 1 aromatic carbocycles.